The highest BCUT2D eigenvalue weighted by Gasteiger charge is 2.17. The number of Topliss-reactive ketones (excluding diaryl/α,β-unsaturated/α-hetero) is 2. The van der Waals surface area contributed by atoms with Crippen molar-refractivity contribution in [2.45, 2.75) is 19.8 Å². The number of ketones is 2. The number of hydrogen-bond acceptors (Lipinski definition) is 7. The van der Waals surface area contributed by atoms with Crippen LogP contribution in [0.25, 0.3) is 11.3 Å². The van der Waals surface area contributed by atoms with Gasteiger partial charge in [0.05, 0.1) is 20.8 Å². The van der Waals surface area contributed by atoms with Crippen LogP contribution in [0, 0.1) is 12.7 Å². The molecule has 0 amide bonds. The summed E-state index contributed by atoms with van der Waals surface area (Å²) in [6, 6.07) is 12.5. The molecule has 3 rings (SSSR count). The minimum Gasteiger partial charge on any atom is -0.494 e. The van der Waals surface area contributed by atoms with Gasteiger partial charge in [-0.05, 0) is 48.9 Å². The van der Waals surface area contributed by atoms with Crippen molar-refractivity contribution < 1.29 is 33.3 Å². The molecule has 34 heavy (non-hydrogen) atoms. The van der Waals surface area contributed by atoms with Crippen LogP contribution < -0.4 is 14.2 Å². The number of methoxy groups -OCH3 is 2. The average Bonchev–Trinajstić information content (AvgIpc) is 2.86. The molecule has 8 heteroatoms. The molecule has 0 bridgehead atoms. The molecule has 2 aromatic carbocycles. The van der Waals surface area contributed by atoms with Gasteiger partial charge < -0.3 is 19.3 Å². The van der Waals surface area contributed by atoms with E-state index < -0.39 is 0 Å². The monoisotopic (exact) mass is 467 g/mol. The SMILES string of the molecule is COc1cc(C(=O)CCC(=O)c2ccc(OC)c(-c3ccc(C)c(F)c3)n2)ccc1OCCO. The summed E-state index contributed by atoms with van der Waals surface area (Å²) in [6.45, 7) is 1.61. The van der Waals surface area contributed by atoms with Crippen LogP contribution in [-0.4, -0.2) is 49.1 Å². The summed E-state index contributed by atoms with van der Waals surface area (Å²) in [5.74, 6) is 0.233. The number of benzene rings is 2. The molecule has 1 heterocycles. The topological polar surface area (TPSA) is 95.0 Å². The molecule has 0 saturated heterocycles. The van der Waals surface area contributed by atoms with Crippen molar-refractivity contribution in [3.8, 4) is 28.5 Å². The van der Waals surface area contributed by atoms with E-state index in [1.54, 1.807) is 37.3 Å². The number of rotatable bonds is 11. The van der Waals surface area contributed by atoms with E-state index in [1.807, 2.05) is 0 Å². The summed E-state index contributed by atoms with van der Waals surface area (Å²) in [5.41, 5.74) is 1.87. The minimum absolute atomic E-state index is 0.0268. The van der Waals surface area contributed by atoms with Gasteiger partial charge in [0.2, 0.25) is 0 Å². The van der Waals surface area contributed by atoms with E-state index in [0.29, 0.717) is 39.6 Å². The third kappa shape index (κ3) is 5.77. The molecule has 7 nitrogen and oxygen atoms in total. The fourth-order valence-electron chi connectivity index (χ4n) is 3.33. The number of ether oxygens (including phenoxy) is 3. The first-order valence-electron chi connectivity index (χ1n) is 10.7. The van der Waals surface area contributed by atoms with Crippen LogP contribution in [0.3, 0.4) is 0 Å². The lowest BCUT2D eigenvalue weighted by molar-refractivity contribution is 0.0914. The molecule has 1 N–H and O–H groups in total. The van der Waals surface area contributed by atoms with Crippen LogP contribution in [-0.2, 0) is 0 Å². The third-order valence-corrected chi connectivity index (χ3v) is 5.22. The van der Waals surface area contributed by atoms with Crippen molar-refractivity contribution in [2.24, 2.45) is 0 Å². The number of aliphatic hydroxyl groups excluding tert-OH is 1. The van der Waals surface area contributed by atoms with E-state index in [4.69, 9.17) is 19.3 Å². The Kier molecular flexibility index (Phi) is 8.32. The van der Waals surface area contributed by atoms with E-state index in [0.717, 1.165) is 0 Å². The molecule has 3 aromatic rings. The Balaban J connectivity index is 1.74. The van der Waals surface area contributed by atoms with Gasteiger partial charge >= 0.3 is 0 Å². The second-order valence-corrected chi connectivity index (χ2v) is 7.50. The van der Waals surface area contributed by atoms with Crippen LogP contribution in [0.2, 0.25) is 0 Å². The Labute approximate surface area is 197 Å². The Morgan fingerprint density at radius 3 is 2.29 bits per heavy atom. The molecule has 0 unspecified atom stereocenters. The van der Waals surface area contributed by atoms with E-state index >= 15 is 0 Å². The highest BCUT2D eigenvalue weighted by molar-refractivity contribution is 6.02. The van der Waals surface area contributed by atoms with Crippen molar-refractivity contribution >= 4 is 11.6 Å². The van der Waals surface area contributed by atoms with Crippen molar-refractivity contribution in [3.63, 3.8) is 0 Å². The predicted octanol–water partition coefficient (Wildman–Crippen LogP) is 4.43. The Hall–Kier alpha value is -3.78. The van der Waals surface area contributed by atoms with Gasteiger partial charge in [-0.15, -0.1) is 0 Å². The Morgan fingerprint density at radius 1 is 0.912 bits per heavy atom. The maximum Gasteiger partial charge on any atom is 0.181 e. The number of aromatic nitrogens is 1. The number of carbonyl (C=O) groups excluding carboxylic acids is 2. The zero-order valence-electron chi connectivity index (χ0n) is 19.3. The molecule has 0 spiro atoms. The second kappa shape index (κ2) is 11.4. The predicted molar refractivity (Wildman–Crippen MR) is 124 cm³/mol. The minimum atomic E-state index is -0.383. The average molecular weight is 467 g/mol. The van der Waals surface area contributed by atoms with Crippen LogP contribution in [0.1, 0.15) is 39.3 Å². The lowest BCUT2D eigenvalue weighted by atomic mass is 10.0. The summed E-state index contributed by atoms with van der Waals surface area (Å²) in [5, 5.41) is 8.90. The van der Waals surface area contributed by atoms with Crippen molar-refractivity contribution in [3.05, 3.63) is 71.2 Å². The van der Waals surface area contributed by atoms with Crippen LogP contribution in [0.15, 0.2) is 48.5 Å². The van der Waals surface area contributed by atoms with Crippen molar-refractivity contribution in [1.82, 2.24) is 4.98 Å². The highest BCUT2D eigenvalue weighted by atomic mass is 19.1. The molecular weight excluding hydrogens is 441 g/mol. The van der Waals surface area contributed by atoms with Gasteiger partial charge in [0.1, 0.15) is 29.6 Å². The molecule has 0 aliphatic carbocycles. The highest BCUT2D eigenvalue weighted by Crippen LogP contribution is 2.31. The van der Waals surface area contributed by atoms with Gasteiger partial charge in [-0.25, -0.2) is 9.37 Å². The van der Waals surface area contributed by atoms with Gasteiger partial charge in [-0.3, -0.25) is 9.59 Å². The van der Waals surface area contributed by atoms with Crippen LogP contribution >= 0.6 is 0 Å². The normalized spacial score (nSPS) is 10.6. The van der Waals surface area contributed by atoms with Gasteiger partial charge in [0.25, 0.3) is 0 Å². The quantitative estimate of drug-likeness (QED) is 0.417. The van der Waals surface area contributed by atoms with E-state index in [1.165, 1.54) is 32.4 Å². The van der Waals surface area contributed by atoms with E-state index in [-0.39, 0.29) is 49.1 Å². The standard InChI is InChI=1S/C26H26FNO6/c1-16-4-5-18(14-19(16)27)26-24(32-2)11-7-20(28-26)22(31)9-8-21(30)17-6-10-23(34-13-12-29)25(15-17)33-3/h4-7,10-11,14-15,29H,8-9,12-13H2,1-3H3. The lowest BCUT2D eigenvalue weighted by Gasteiger charge is -2.11. The molecule has 0 aliphatic heterocycles. The van der Waals surface area contributed by atoms with Crippen molar-refractivity contribution in [1.29, 1.82) is 0 Å². The maximum atomic E-state index is 14.1. The number of aliphatic hydroxyl groups is 1. The summed E-state index contributed by atoms with van der Waals surface area (Å²) in [6.07, 6.45) is -0.0774. The number of carbonyl (C=O) groups is 2. The summed E-state index contributed by atoms with van der Waals surface area (Å²) in [4.78, 5) is 29.8. The maximum absolute atomic E-state index is 14.1. The summed E-state index contributed by atoms with van der Waals surface area (Å²) < 4.78 is 30.0. The first-order valence-corrected chi connectivity index (χ1v) is 10.7. The number of aryl methyl sites for hydroxylation is 1. The molecule has 0 saturated carbocycles. The third-order valence-electron chi connectivity index (χ3n) is 5.22. The van der Waals surface area contributed by atoms with Gasteiger partial charge in [0.15, 0.2) is 23.1 Å². The smallest absolute Gasteiger partial charge is 0.181 e. The van der Waals surface area contributed by atoms with E-state index in [9.17, 15) is 14.0 Å². The first kappa shape index (κ1) is 24.9. The zero-order chi connectivity index (χ0) is 24.7. The number of hydrogen-bond donors (Lipinski definition) is 1. The fraction of sp³-hybridized carbons (Fsp3) is 0.269. The fourth-order valence-corrected chi connectivity index (χ4v) is 3.33. The van der Waals surface area contributed by atoms with E-state index in [2.05, 4.69) is 4.98 Å². The number of nitrogens with zero attached hydrogens (tertiary/aromatic N) is 1. The molecule has 0 fully saturated rings. The first-order chi connectivity index (χ1) is 16.4. The van der Waals surface area contributed by atoms with Gasteiger partial charge in [-0.1, -0.05) is 12.1 Å². The van der Waals surface area contributed by atoms with Crippen molar-refractivity contribution in [2.75, 3.05) is 27.4 Å². The molecule has 0 atom stereocenters. The Morgan fingerprint density at radius 2 is 1.62 bits per heavy atom. The molecule has 0 aliphatic rings. The van der Waals surface area contributed by atoms with Gasteiger partial charge in [-0.2, -0.15) is 0 Å². The lowest BCUT2D eigenvalue weighted by Crippen LogP contribution is -2.08. The Bertz CT molecular complexity index is 1190. The summed E-state index contributed by atoms with van der Waals surface area (Å²) in [7, 11) is 2.92. The van der Waals surface area contributed by atoms with Crippen LogP contribution in [0.5, 0.6) is 17.2 Å². The molecular formula is C26H26FNO6. The van der Waals surface area contributed by atoms with Gasteiger partial charge in [0, 0.05) is 24.0 Å². The molecule has 0 radical (unpaired) electrons. The number of pyridine rings is 1. The largest absolute Gasteiger partial charge is 0.494 e. The van der Waals surface area contributed by atoms with Crippen LogP contribution in [0.4, 0.5) is 4.39 Å². The number of halogens is 1. The summed E-state index contributed by atoms with van der Waals surface area (Å²) >= 11 is 0. The zero-order valence-corrected chi connectivity index (χ0v) is 19.3. The second-order valence-electron chi connectivity index (χ2n) is 7.50. The molecule has 1 aromatic heterocycles. The molecule has 178 valence electrons.